The lowest BCUT2D eigenvalue weighted by atomic mass is 12.6. The Morgan fingerprint density at radius 3 is 2.20 bits per heavy atom. The Hall–Kier alpha value is -0.320. The minimum Gasteiger partial charge on any atom is -0.183 e. The van der Waals surface area contributed by atoms with Crippen LogP contribution in [0.15, 0.2) is 14.6 Å². The summed E-state index contributed by atoms with van der Waals surface area (Å²) in [5.74, 6) is 0. The molecule has 0 radical (unpaired) electrons. The standard InChI is InChI=1S/BrHN4/c1-3-5-4-2/h2H/b4-2?,5-3+. The van der Waals surface area contributed by atoms with Gasteiger partial charge in [0, 0.05) is 0 Å². The van der Waals surface area contributed by atoms with Crippen LogP contribution in [0.3, 0.4) is 0 Å². The fourth-order valence-electron chi connectivity index (χ4n) is 0.0169. The van der Waals surface area contributed by atoms with Crippen LogP contribution in [0.5, 0.6) is 0 Å². The molecule has 0 aliphatic rings. The summed E-state index contributed by atoms with van der Waals surface area (Å²) in [7, 11) is 0. The van der Waals surface area contributed by atoms with E-state index in [0.717, 1.165) is 0 Å². The Morgan fingerprint density at radius 2 is 2.20 bits per heavy atom. The van der Waals surface area contributed by atoms with E-state index in [4.69, 9.17) is 5.53 Å². The van der Waals surface area contributed by atoms with Gasteiger partial charge in [0.1, 0.15) is 16.1 Å². The van der Waals surface area contributed by atoms with Gasteiger partial charge in [0.2, 0.25) is 0 Å². The van der Waals surface area contributed by atoms with Crippen LogP contribution in [0.4, 0.5) is 0 Å². The number of rotatable bonds is 1. The molecule has 0 heterocycles. The monoisotopic (exact) mass is 136 g/mol. The zero-order chi connectivity index (χ0) is 4.12. The molecule has 1 N–H and O–H groups in total. The third-order valence-electron chi connectivity index (χ3n) is 0.0785. The maximum atomic E-state index is 5.94. The van der Waals surface area contributed by atoms with Gasteiger partial charge >= 0.3 is 0 Å². The van der Waals surface area contributed by atoms with Crippen LogP contribution < -0.4 is 0 Å². The molecule has 5 heteroatoms. The van der Waals surface area contributed by atoms with Crippen molar-refractivity contribution in [3.05, 3.63) is 0 Å². The molecule has 0 fully saturated rings. The minimum atomic E-state index is 2.52. The maximum Gasteiger partial charge on any atom is 0.102 e. The number of nitrogens with zero attached hydrogens (tertiary/aromatic N) is 3. The quantitative estimate of drug-likeness (QED) is 0.422. The average molecular weight is 137 g/mol. The molecule has 0 aliphatic carbocycles. The van der Waals surface area contributed by atoms with Crippen molar-refractivity contribution in [1.82, 2.24) is 0 Å². The molecule has 0 saturated carbocycles. The summed E-state index contributed by atoms with van der Waals surface area (Å²) in [6.45, 7) is 0. The smallest absolute Gasteiger partial charge is 0.102 e. The second kappa shape index (κ2) is 3.68. The summed E-state index contributed by atoms with van der Waals surface area (Å²) in [5, 5.41) is 5.32. The van der Waals surface area contributed by atoms with Gasteiger partial charge in [0.25, 0.3) is 0 Å². The molecule has 4 nitrogen and oxygen atoms in total. The van der Waals surface area contributed by atoms with E-state index in [-0.39, 0.29) is 0 Å². The van der Waals surface area contributed by atoms with Crippen molar-refractivity contribution in [2.45, 2.75) is 0 Å². The molecule has 28 valence electrons. The maximum absolute atomic E-state index is 5.94. The van der Waals surface area contributed by atoms with Crippen molar-refractivity contribution < 1.29 is 0 Å². The Balaban J connectivity index is 2.92. The normalized spacial score (nSPS) is 9.00. The average Bonchev–Trinajstić information content (AvgIpc) is 1.41. The van der Waals surface area contributed by atoms with Gasteiger partial charge in [-0.25, -0.2) is 0 Å². The highest BCUT2D eigenvalue weighted by Crippen LogP contribution is 1.81. The SMILES string of the molecule is N=N/N=N/Br. The summed E-state index contributed by atoms with van der Waals surface area (Å²) in [6, 6.07) is 0. The third kappa shape index (κ3) is 3.68. The first-order valence-corrected chi connectivity index (χ1v) is 1.50. The molecular formula is HBrN4. The molecule has 0 aromatic carbocycles. The van der Waals surface area contributed by atoms with E-state index in [0.29, 0.717) is 0 Å². The van der Waals surface area contributed by atoms with Crippen LogP contribution >= 0.6 is 16.1 Å². The molecule has 0 aromatic rings. The summed E-state index contributed by atoms with van der Waals surface area (Å²) in [5.41, 5.74) is 5.94. The Labute approximate surface area is 37.1 Å². The van der Waals surface area contributed by atoms with Crippen LogP contribution in [0, 0.1) is 5.53 Å². The van der Waals surface area contributed by atoms with E-state index in [1.165, 1.54) is 0 Å². The Morgan fingerprint density at radius 1 is 1.60 bits per heavy atom. The first-order chi connectivity index (χ1) is 2.41. The van der Waals surface area contributed by atoms with Gasteiger partial charge in [0.05, 0.1) is 0 Å². The highest BCUT2D eigenvalue weighted by molar-refractivity contribution is 9.08. The molecular weight excluding hydrogens is 136 g/mol. The molecule has 0 rings (SSSR count). The lowest BCUT2D eigenvalue weighted by Crippen LogP contribution is -1.26. The van der Waals surface area contributed by atoms with Crippen LogP contribution in [0.1, 0.15) is 0 Å². The van der Waals surface area contributed by atoms with Crippen LogP contribution in [-0.2, 0) is 0 Å². The summed E-state index contributed by atoms with van der Waals surface area (Å²) in [6.07, 6.45) is 0. The number of hydrogen-bond acceptors (Lipinski definition) is 2. The molecule has 0 spiro atoms. The third-order valence-corrected chi connectivity index (χ3v) is 0.220. The first kappa shape index (κ1) is 4.68. The second-order valence-corrected chi connectivity index (χ2v) is 0.582. The number of nitrogens with one attached hydrogen (secondary N) is 1. The van der Waals surface area contributed by atoms with Gasteiger partial charge in [0.15, 0.2) is 0 Å². The zero-order valence-corrected chi connectivity index (χ0v) is 3.81. The van der Waals surface area contributed by atoms with Crippen LogP contribution in [0.25, 0.3) is 0 Å². The predicted octanol–water partition coefficient (Wildman–Crippen LogP) is 1.69. The van der Waals surface area contributed by atoms with Crippen molar-refractivity contribution in [3.63, 3.8) is 0 Å². The first-order valence-electron chi connectivity index (χ1n) is 0.793. The van der Waals surface area contributed by atoms with Gasteiger partial charge < -0.3 is 0 Å². The van der Waals surface area contributed by atoms with Crippen molar-refractivity contribution in [3.8, 4) is 0 Å². The summed E-state index contributed by atoms with van der Waals surface area (Å²) in [4.78, 5) is 0. The van der Waals surface area contributed by atoms with Crippen molar-refractivity contribution in [2.24, 2.45) is 14.6 Å². The van der Waals surface area contributed by atoms with E-state index in [1.807, 2.05) is 0 Å². The largest absolute Gasteiger partial charge is 0.183 e. The molecule has 5 heavy (non-hydrogen) atoms. The molecule has 0 aliphatic heterocycles. The zero-order valence-electron chi connectivity index (χ0n) is 2.22. The summed E-state index contributed by atoms with van der Waals surface area (Å²) < 4.78 is 2.94. The van der Waals surface area contributed by atoms with Crippen molar-refractivity contribution >= 4 is 16.1 Å². The van der Waals surface area contributed by atoms with E-state index in [9.17, 15) is 0 Å². The van der Waals surface area contributed by atoms with E-state index < -0.39 is 0 Å². The lowest BCUT2D eigenvalue weighted by molar-refractivity contribution is 0.935. The van der Waals surface area contributed by atoms with Gasteiger partial charge in [-0.05, 0) is 10.4 Å². The van der Waals surface area contributed by atoms with Crippen LogP contribution in [-0.4, -0.2) is 0 Å². The molecule has 0 amide bonds. The lowest BCUT2D eigenvalue weighted by Gasteiger charge is -1.52. The molecule has 0 bridgehead atoms. The van der Waals surface area contributed by atoms with Gasteiger partial charge in [-0.15, -0.1) is 0 Å². The number of hydrogen-bond donors (Lipinski definition) is 1. The fraction of sp³-hybridized carbons (Fsp3) is 0. The van der Waals surface area contributed by atoms with Crippen molar-refractivity contribution in [2.75, 3.05) is 0 Å². The van der Waals surface area contributed by atoms with Gasteiger partial charge in [-0.2, -0.15) is 5.53 Å². The Kier molecular flexibility index (Phi) is 3.44. The Bertz CT molecular complexity index is 45.6. The number of halogens is 1. The highest BCUT2D eigenvalue weighted by atomic mass is 79.9. The topological polar surface area (TPSA) is 60.9 Å². The molecule has 0 saturated heterocycles. The predicted molar refractivity (Wildman–Crippen MR) is 18.9 cm³/mol. The molecule has 0 unspecified atom stereocenters. The van der Waals surface area contributed by atoms with Crippen molar-refractivity contribution in [1.29, 1.82) is 5.53 Å². The van der Waals surface area contributed by atoms with Gasteiger partial charge in [-0.3, -0.25) is 0 Å². The van der Waals surface area contributed by atoms with E-state index >= 15 is 0 Å². The highest BCUT2D eigenvalue weighted by Gasteiger charge is 1.46. The minimum absolute atomic E-state index is 2.52. The fourth-order valence-corrected chi connectivity index (χ4v) is 0.0878. The second-order valence-electron chi connectivity index (χ2n) is 0.265. The van der Waals surface area contributed by atoms with E-state index in [1.54, 1.807) is 0 Å². The van der Waals surface area contributed by atoms with Crippen LogP contribution in [0.2, 0.25) is 0 Å². The summed E-state index contributed by atoms with van der Waals surface area (Å²) >= 11 is 2.55. The van der Waals surface area contributed by atoms with E-state index in [2.05, 4.69) is 30.7 Å². The molecule has 0 aromatic heterocycles. The molecule has 0 atom stereocenters. The van der Waals surface area contributed by atoms with Gasteiger partial charge in [-0.1, -0.05) is 4.14 Å².